The number of nitrogens with zero attached hydrogens (tertiary/aromatic N) is 1. The predicted octanol–water partition coefficient (Wildman–Crippen LogP) is 4.87. The van der Waals surface area contributed by atoms with Crippen molar-refractivity contribution in [3.05, 3.63) is 101 Å². The second-order valence-electron chi connectivity index (χ2n) is 8.43. The molecule has 0 aliphatic carbocycles. The molecular weight excluding hydrogens is 474 g/mol. The van der Waals surface area contributed by atoms with Crippen molar-refractivity contribution in [2.24, 2.45) is 0 Å². The molecule has 3 aromatic carbocycles. The van der Waals surface area contributed by atoms with Gasteiger partial charge in [0.2, 0.25) is 0 Å². The molecule has 0 saturated carbocycles. The van der Waals surface area contributed by atoms with Gasteiger partial charge < -0.3 is 9.47 Å². The van der Waals surface area contributed by atoms with E-state index >= 15 is 0 Å². The van der Waals surface area contributed by atoms with E-state index in [0.29, 0.717) is 12.0 Å². The smallest absolute Gasteiger partial charge is 0.340 e. The van der Waals surface area contributed by atoms with Crippen molar-refractivity contribution in [1.82, 2.24) is 0 Å². The van der Waals surface area contributed by atoms with E-state index in [1.165, 1.54) is 30.3 Å². The van der Waals surface area contributed by atoms with Gasteiger partial charge in [-0.05, 0) is 36.8 Å². The number of ether oxygens (including phenoxy) is 2. The summed E-state index contributed by atoms with van der Waals surface area (Å²) in [6.07, 6.45) is 2.60. The van der Waals surface area contributed by atoms with Crippen LogP contribution in [0.2, 0.25) is 0 Å². The number of carbonyl (C=O) groups is 5. The molecule has 1 aliphatic heterocycles. The van der Waals surface area contributed by atoms with Crippen LogP contribution in [0.4, 0.5) is 5.69 Å². The molecular formula is C29H25NO7. The fourth-order valence-electron chi connectivity index (χ4n) is 3.94. The fourth-order valence-corrected chi connectivity index (χ4v) is 3.94. The summed E-state index contributed by atoms with van der Waals surface area (Å²) in [5.41, 5.74) is 0.710. The van der Waals surface area contributed by atoms with Crippen LogP contribution in [0.15, 0.2) is 72.8 Å². The SMILES string of the molecule is CCCCCOC(=O)c1ccccc1N1C(=O)c2ccc(C(=O)OCC(=O)c3ccccc3)cc2C1=O. The first-order chi connectivity index (χ1) is 17.9. The minimum atomic E-state index is -0.804. The van der Waals surface area contributed by atoms with E-state index in [4.69, 9.17) is 9.47 Å². The quantitative estimate of drug-likeness (QED) is 0.169. The van der Waals surface area contributed by atoms with Gasteiger partial charge >= 0.3 is 11.9 Å². The number of amides is 2. The molecule has 0 radical (unpaired) electrons. The van der Waals surface area contributed by atoms with E-state index in [1.54, 1.807) is 42.5 Å². The summed E-state index contributed by atoms with van der Waals surface area (Å²) in [6, 6.07) is 18.6. The third-order valence-electron chi connectivity index (χ3n) is 5.90. The van der Waals surface area contributed by atoms with Crippen molar-refractivity contribution in [3.8, 4) is 0 Å². The Kier molecular flexibility index (Phi) is 7.88. The van der Waals surface area contributed by atoms with E-state index in [1.807, 2.05) is 6.92 Å². The predicted molar refractivity (Wildman–Crippen MR) is 135 cm³/mol. The van der Waals surface area contributed by atoms with Crippen LogP contribution in [0.1, 0.15) is 78.0 Å². The van der Waals surface area contributed by atoms with Crippen molar-refractivity contribution in [1.29, 1.82) is 0 Å². The van der Waals surface area contributed by atoms with Gasteiger partial charge in [-0.25, -0.2) is 14.5 Å². The molecule has 37 heavy (non-hydrogen) atoms. The van der Waals surface area contributed by atoms with Gasteiger partial charge in [0.25, 0.3) is 11.8 Å². The lowest BCUT2D eigenvalue weighted by Gasteiger charge is -2.17. The Morgan fingerprint density at radius 2 is 1.43 bits per heavy atom. The van der Waals surface area contributed by atoms with Crippen molar-refractivity contribution < 1.29 is 33.4 Å². The Balaban J connectivity index is 1.51. The molecule has 8 nitrogen and oxygen atoms in total. The maximum Gasteiger partial charge on any atom is 0.340 e. The highest BCUT2D eigenvalue weighted by molar-refractivity contribution is 6.35. The molecule has 0 aromatic heterocycles. The zero-order valence-corrected chi connectivity index (χ0v) is 20.3. The van der Waals surface area contributed by atoms with Gasteiger partial charge in [0, 0.05) is 5.56 Å². The van der Waals surface area contributed by atoms with Crippen molar-refractivity contribution in [2.75, 3.05) is 18.1 Å². The number of rotatable bonds is 10. The highest BCUT2D eigenvalue weighted by Crippen LogP contribution is 2.32. The molecule has 3 aromatic rings. The van der Waals surface area contributed by atoms with Gasteiger partial charge in [0.05, 0.1) is 34.5 Å². The molecule has 4 rings (SSSR count). The number of carbonyl (C=O) groups excluding carboxylic acids is 5. The van der Waals surface area contributed by atoms with E-state index in [-0.39, 0.29) is 40.3 Å². The number of fused-ring (bicyclic) bond motifs is 1. The largest absolute Gasteiger partial charge is 0.462 e. The third kappa shape index (κ3) is 5.48. The van der Waals surface area contributed by atoms with Crippen LogP contribution in [-0.2, 0) is 9.47 Å². The average molecular weight is 500 g/mol. The van der Waals surface area contributed by atoms with Crippen LogP contribution in [0.25, 0.3) is 0 Å². The molecule has 1 heterocycles. The Hall–Kier alpha value is -4.59. The Labute approximate surface area is 213 Å². The van der Waals surface area contributed by atoms with Gasteiger partial charge in [-0.1, -0.05) is 62.2 Å². The average Bonchev–Trinajstić information content (AvgIpc) is 3.18. The second kappa shape index (κ2) is 11.4. The lowest BCUT2D eigenvalue weighted by molar-refractivity contribution is 0.0473. The van der Waals surface area contributed by atoms with Crippen molar-refractivity contribution >= 4 is 35.2 Å². The van der Waals surface area contributed by atoms with Crippen LogP contribution < -0.4 is 4.90 Å². The number of anilines is 1. The summed E-state index contributed by atoms with van der Waals surface area (Å²) < 4.78 is 10.5. The van der Waals surface area contributed by atoms with Gasteiger partial charge in [-0.3, -0.25) is 14.4 Å². The summed E-state index contributed by atoms with van der Waals surface area (Å²) in [5.74, 6) is -3.10. The number of unbranched alkanes of at least 4 members (excludes halogenated alkanes) is 2. The van der Waals surface area contributed by atoms with E-state index < -0.39 is 30.4 Å². The number of hydrogen-bond donors (Lipinski definition) is 0. The van der Waals surface area contributed by atoms with Gasteiger partial charge in [-0.15, -0.1) is 0 Å². The van der Waals surface area contributed by atoms with Crippen LogP contribution in [0, 0.1) is 0 Å². The summed E-state index contributed by atoms with van der Waals surface area (Å²) in [6.45, 7) is 1.81. The zero-order chi connectivity index (χ0) is 26.4. The third-order valence-corrected chi connectivity index (χ3v) is 5.90. The Morgan fingerprint density at radius 1 is 0.730 bits per heavy atom. The van der Waals surface area contributed by atoms with E-state index in [0.717, 1.165) is 17.7 Å². The molecule has 0 unspecified atom stereocenters. The summed E-state index contributed by atoms with van der Waals surface area (Å²) >= 11 is 0. The standard InChI is InChI=1S/C29H25NO7/c1-2-3-9-16-36-29(35)22-12-7-8-13-24(22)30-26(32)21-15-14-20(17-23(21)27(30)33)28(34)37-18-25(31)19-10-5-4-6-11-19/h4-8,10-15,17H,2-3,9,16,18H2,1H3. The van der Waals surface area contributed by atoms with Gasteiger partial charge in [0.15, 0.2) is 12.4 Å². The number of hydrogen-bond acceptors (Lipinski definition) is 7. The first-order valence-electron chi connectivity index (χ1n) is 12.0. The fraction of sp³-hybridized carbons (Fsp3) is 0.207. The van der Waals surface area contributed by atoms with Crippen LogP contribution in [-0.4, -0.2) is 42.7 Å². The first-order valence-corrected chi connectivity index (χ1v) is 12.0. The van der Waals surface area contributed by atoms with E-state index in [9.17, 15) is 24.0 Å². The highest BCUT2D eigenvalue weighted by Gasteiger charge is 2.39. The van der Waals surface area contributed by atoms with Gasteiger partial charge in [-0.2, -0.15) is 0 Å². The second-order valence-corrected chi connectivity index (χ2v) is 8.43. The topological polar surface area (TPSA) is 107 Å². The van der Waals surface area contributed by atoms with Crippen molar-refractivity contribution in [3.63, 3.8) is 0 Å². The monoisotopic (exact) mass is 499 g/mol. The van der Waals surface area contributed by atoms with E-state index in [2.05, 4.69) is 0 Å². The molecule has 8 heteroatoms. The number of esters is 2. The highest BCUT2D eigenvalue weighted by atomic mass is 16.5. The lowest BCUT2D eigenvalue weighted by Crippen LogP contribution is -2.31. The summed E-state index contributed by atoms with van der Waals surface area (Å²) in [7, 11) is 0. The number of Topliss-reactive ketones (excluding diaryl/α,β-unsaturated/α-hetero) is 1. The lowest BCUT2D eigenvalue weighted by atomic mass is 10.1. The minimum absolute atomic E-state index is 0.0000443. The summed E-state index contributed by atoms with van der Waals surface area (Å²) in [5, 5.41) is 0. The first kappa shape index (κ1) is 25.5. The van der Waals surface area contributed by atoms with Crippen molar-refractivity contribution in [2.45, 2.75) is 26.2 Å². The number of benzene rings is 3. The molecule has 0 spiro atoms. The minimum Gasteiger partial charge on any atom is -0.462 e. The van der Waals surface area contributed by atoms with Crippen LogP contribution in [0.5, 0.6) is 0 Å². The molecule has 0 saturated heterocycles. The summed E-state index contributed by atoms with van der Waals surface area (Å²) in [4.78, 5) is 64.8. The molecule has 188 valence electrons. The molecule has 0 N–H and O–H groups in total. The molecule has 0 atom stereocenters. The normalized spacial score (nSPS) is 12.3. The Bertz CT molecular complexity index is 1360. The molecule has 1 aliphatic rings. The maximum atomic E-state index is 13.3. The van der Waals surface area contributed by atoms with Crippen LogP contribution >= 0.6 is 0 Å². The molecule has 2 amide bonds. The molecule has 0 bridgehead atoms. The zero-order valence-electron chi connectivity index (χ0n) is 20.3. The number of para-hydroxylation sites is 1. The van der Waals surface area contributed by atoms with Gasteiger partial charge in [0.1, 0.15) is 0 Å². The number of imide groups is 1. The molecule has 0 fully saturated rings. The van der Waals surface area contributed by atoms with Crippen LogP contribution in [0.3, 0.4) is 0 Å². The Morgan fingerprint density at radius 3 is 2.19 bits per heavy atom. The maximum absolute atomic E-state index is 13.3. The number of ketones is 1.